The van der Waals surface area contributed by atoms with E-state index in [1.165, 1.54) is 0 Å². The third-order valence-electron chi connectivity index (χ3n) is 3.56. The Balaban J connectivity index is 2.35. The third-order valence-corrected chi connectivity index (χ3v) is 3.56. The second-order valence-corrected chi connectivity index (χ2v) is 4.32. The molecule has 2 aliphatic rings. The van der Waals surface area contributed by atoms with Crippen molar-refractivity contribution >= 4 is 0 Å². The van der Waals surface area contributed by atoms with Crippen LogP contribution in [0.3, 0.4) is 0 Å². The maximum absolute atomic E-state index is 12.2. The smallest absolute Gasteiger partial charge is 0.147 e. The summed E-state index contributed by atoms with van der Waals surface area (Å²) < 4.78 is -1.12. The highest BCUT2D eigenvalue weighted by Crippen LogP contribution is 2.40. The van der Waals surface area contributed by atoms with E-state index in [-0.39, 0.29) is 6.54 Å². The van der Waals surface area contributed by atoms with Crippen LogP contribution in [0, 0.1) is 5.21 Å². The van der Waals surface area contributed by atoms with Crippen LogP contribution in [0.5, 0.6) is 0 Å². The maximum Gasteiger partial charge on any atom is 0.147 e. The Bertz CT molecular complexity index is 264. The van der Waals surface area contributed by atoms with Crippen LogP contribution in [0.2, 0.25) is 0 Å². The molecule has 0 bridgehead atoms. The molecule has 5 N–H and O–H groups in total. The van der Waals surface area contributed by atoms with Crippen LogP contribution < -0.4 is 0 Å². The summed E-state index contributed by atoms with van der Waals surface area (Å²) in [6.45, 7) is -0.900. The Labute approximate surface area is 86.0 Å². The first-order valence-corrected chi connectivity index (χ1v) is 4.85. The van der Waals surface area contributed by atoms with Crippen molar-refractivity contribution in [2.45, 2.75) is 36.5 Å². The number of aliphatic hydroxyl groups is 5. The first-order valence-electron chi connectivity index (χ1n) is 4.85. The summed E-state index contributed by atoms with van der Waals surface area (Å²) in [7, 11) is 0. The van der Waals surface area contributed by atoms with Gasteiger partial charge in [0.25, 0.3) is 0 Å². The zero-order chi connectivity index (χ0) is 11.4. The minimum atomic E-state index is -1.41. The first kappa shape index (κ1) is 11.2. The molecule has 0 aromatic heterocycles. The van der Waals surface area contributed by atoms with Crippen LogP contribution in [0.1, 0.15) is 0 Å². The SMILES string of the molecule is [O-][N+]12C[C@H](O)[C@H](O)[C@H]1[C@@H](O)[C@H](O)[C@@H]2CO. The van der Waals surface area contributed by atoms with Gasteiger partial charge in [0, 0.05) is 0 Å². The first-order chi connectivity index (χ1) is 6.93. The molecule has 7 nitrogen and oxygen atoms in total. The van der Waals surface area contributed by atoms with Crippen LogP contribution in [-0.2, 0) is 0 Å². The molecule has 0 amide bonds. The van der Waals surface area contributed by atoms with Crippen LogP contribution in [-0.4, -0.2) is 79.8 Å². The molecule has 7 heteroatoms. The van der Waals surface area contributed by atoms with Gasteiger partial charge in [-0.2, -0.15) is 0 Å². The van der Waals surface area contributed by atoms with Crippen molar-refractivity contribution in [3.63, 3.8) is 0 Å². The van der Waals surface area contributed by atoms with Gasteiger partial charge in [-0.3, -0.25) is 0 Å². The van der Waals surface area contributed by atoms with Gasteiger partial charge in [-0.05, 0) is 0 Å². The molecular formula is C8H15NO6. The Morgan fingerprint density at radius 3 is 2.20 bits per heavy atom. The van der Waals surface area contributed by atoms with Gasteiger partial charge < -0.3 is 35.4 Å². The monoisotopic (exact) mass is 221 g/mol. The largest absolute Gasteiger partial charge is 0.632 e. The molecule has 2 aliphatic heterocycles. The molecule has 2 fully saturated rings. The maximum atomic E-state index is 12.2. The van der Waals surface area contributed by atoms with Gasteiger partial charge in [-0.15, -0.1) is 0 Å². The van der Waals surface area contributed by atoms with E-state index in [0.29, 0.717) is 0 Å². The molecule has 0 aromatic carbocycles. The van der Waals surface area contributed by atoms with Gasteiger partial charge in [0.05, 0.1) is 6.61 Å². The molecule has 88 valence electrons. The van der Waals surface area contributed by atoms with Crippen LogP contribution in [0.25, 0.3) is 0 Å². The lowest BCUT2D eigenvalue weighted by atomic mass is 10.0. The van der Waals surface area contributed by atoms with Crippen molar-refractivity contribution < 1.29 is 30.2 Å². The number of rotatable bonds is 1. The summed E-state index contributed by atoms with van der Waals surface area (Å²) in [5, 5.41) is 59.1. The Morgan fingerprint density at radius 1 is 1.07 bits per heavy atom. The predicted octanol–water partition coefficient (Wildman–Crippen LogP) is -3.50. The van der Waals surface area contributed by atoms with E-state index in [0.717, 1.165) is 0 Å². The van der Waals surface area contributed by atoms with Gasteiger partial charge in [-0.1, -0.05) is 0 Å². The molecule has 0 saturated carbocycles. The number of hydroxylamine groups is 3. The summed E-state index contributed by atoms with van der Waals surface area (Å²) in [6, 6.07) is -2.27. The normalized spacial score (nSPS) is 59.6. The van der Waals surface area contributed by atoms with Gasteiger partial charge in [-0.25, -0.2) is 0 Å². The van der Waals surface area contributed by atoms with Crippen LogP contribution >= 0.6 is 0 Å². The van der Waals surface area contributed by atoms with Crippen LogP contribution in [0.15, 0.2) is 0 Å². The highest BCUT2D eigenvalue weighted by molar-refractivity contribution is 5.01. The number of hydrogen-bond donors (Lipinski definition) is 5. The van der Waals surface area contributed by atoms with E-state index in [4.69, 9.17) is 5.11 Å². The highest BCUT2D eigenvalue weighted by atomic mass is 16.6. The van der Waals surface area contributed by atoms with Gasteiger partial charge in [0.1, 0.15) is 43.0 Å². The van der Waals surface area contributed by atoms with E-state index >= 15 is 0 Å². The van der Waals surface area contributed by atoms with Crippen molar-refractivity contribution in [2.75, 3.05) is 13.2 Å². The molecule has 2 heterocycles. The van der Waals surface area contributed by atoms with E-state index < -0.39 is 47.8 Å². The Morgan fingerprint density at radius 2 is 1.67 bits per heavy atom. The molecule has 0 aliphatic carbocycles. The molecule has 0 radical (unpaired) electrons. The molecule has 2 rings (SSSR count). The van der Waals surface area contributed by atoms with E-state index in [9.17, 15) is 25.6 Å². The molecule has 1 unspecified atom stereocenters. The molecule has 0 aromatic rings. The number of aliphatic hydroxyl groups excluding tert-OH is 5. The second-order valence-electron chi connectivity index (χ2n) is 4.32. The number of nitrogens with zero attached hydrogens (tertiary/aromatic N) is 1. The minimum absolute atomic E-state index is 0.314. The highest BCUT2D eigenvalue weighted by Gasteiger charge is 2.64. The predicted molar refractivity (Wildman–Crippen MR) is 47.2 cm³/mol. The Hall–Kier alpha value is -0.280. The third kappa shape index (κ3) is 1.26. The number of quaternary nitrogens is 1. The zero-order valence-corrected chi connectivity index (χ0v) is 7.97. The molecular weight excluding hydrogens is 206 g/mol. The fourth-order valence-electron chi connectivity index (χ4n) is 2.76. The minimum Gasteiger partial charge on any atom is -0.632 e. The van der Waals surface area contributed by atoms with E-state index in [2.05, 4.69) is 0 Å². The van der Waals surface area contributed by atoms with Crippen molar-refractivity contribution in [1.29, 1.82) is 0 Å². The summed E-state index contributed by atoms with van der Waals surface area (Å²) in [5.74, 6) is 0. The average molecular weight is 221 g/mol. The fraction of sp³-hybridized carbons (Fsp3) is 1.00. The lowest BCUT2D eigenvalue weighted by molar-refractivity contribution is -0.909. The van der Waals surface area contributed by atoms with Crippen molar-refractivity contribution in [1.82, 2.24) is 0 Å². The van der Waals surface area contributed by atoms with E-state index in [1.54, 1.807) is 0 Å². The van der Waals surface area contributed by atoms with E-state index in [1.807, 2.05) is 0 Å². The lowest BCUT2D eigenvalue weighted by Crippen LogP contribution is -2.54. The van der Waals surface area contributed by atoms with Gasteiger partial charge >= 0.3 is 0 Å². The summed E-state index contributed by atoms with van der Waals surface area (Å²) in [4.78, 5) is 0. The van der Waals surface area contributed by atoms with Gasteiger partial charge in [0.2, 0.25) is 0 Å². The fourth-order valence-corrected chi connectivity index (χ4v) is 2.76. The molecule has 15 heavy (non-hydrogen) atoms. The summed E-state index contributed by atoms with van der Waals surface area (Å²) in [6.07, 6.45) is -5.35. The lowest BCUT2D eigenvalue weighted by Gasteiger charge is -2.43. The second kappa shape index (κ2) is 3.36. The van der Waals surface area contributed by atoms with Gasteiger partial charge in [0.15, 0.2) is 0 Å². The van der Waals surface area contributed by atoms with Crippen molar-refractivity contribution in [3.8, 4) is 0 Å². The standard InChI is InChI=1S/C8H15NO6/c10-2-3-6(12)8(14)5-7(13)4(11)1-9(3,5)15/h3-8,10-14H,1-2H2/t3-,4-,5-,6+,7-,8+,9?/m0/s1. The zero-order valence-electron chi connectivity index (χ0n) is 7.97. The van der Waals surface area contributed by atoms with Crippen molar-refractivity contribution in [2.24, 2.45) is 0 Å². The van der Waals surface area contributed by atoms with Crippen LogP contribution in [0.4, 0.5) is 0 Å². The summed E-state index contributed by atoms with van der Waals surface area (Å²) in [5.41, 5.74) is 0. The molecule has 0 spiro atoms. The topological polar surface area (TPSA) is 124 Å². The number of fused-ring (bicyclic) bond motifs is 1. The summed E-state index contributed by atoms with van der Waals surface area (Å²) >= 11 is 0. The molecule has 2 saturated heterocycles. The average Bonchev–Trinajstić information content (AvgIpc) is 2.48. The Kier molecular flexibility index (Phi) is 2.51. The molecule has 7 atom stereocenters. The quantitative estimate of drug-likeness (QED) is 0.231. The van der Waals surface area contributed by atoms with Crippen molar-refractivity contribution in [3.05, 3.63) is 5.21 Å². The number of hydrogen-bond acceptors (Lipinski definition) is 6.